The maximum absolute atomic E-state index is 12.9. The minimum absolute atomic E-state index is 0.0109. The number of nitrogens with zero attached hydrogens (tertiary/aromatic N) is 1. The van der Waals surface area contributed by atoms with Gasteiger partial charge in [0.05, 0.1) is 17.7 Å². The van der Waals surface area contributed by atoms with E-state index in [1.807, 2.05) is 0 Å². The summed E-state index contributed by atoms with van der Waals surface area (Å²) < 4.78 is 5.80. The Morgan fingerprint density at radius 3 is 2.44 bits per heavy atom. The Morgan fingerprint density at radius 1 is 1.03 bits per heavy atom. The quantitative estimate of drug-likeness (QED) is 0.418. The number of hydrogen-bond acceptors (Lipinski definition) is 5. The van der Waals surface area contributed by atoms with E-state index in [4.69, 9.17) is 9.57 Å². The molecule has 1 heterocycles. The molecule has 6 nitrogen and oxygen atoms in total. The maximum atomic E-state index is 12.9. The number of fused-ring (bicyclic) bond motifs is 6. The summed E-state index contributed by atoms with van der Waals surface area (Å²) in [7, 11) is 0. The molecule has 6 heteroatoms. The van der Waals surface area contributed by atoms with Gasteiger partial charge in [0, 0.05) is 18.3 Å². The normalized spacial score (nSPS) is 32.5. The lowest BCUT2D eigenvalue weighted by molar-refractivity contribution is -0.155. The van der Waals surface area contributed by atoms with Crippen molar-refractivity contribution in [1.82, 2.24) is 5.06 Å². The average Bonchev–Trinajstić information content (AvgIpc) is 3.31. The predicted molar refractivity (Wildman–Crippen MR) is 133 cm³/mol. The molecule has 2 saturated carbocycles. The first-order valence-electron chi connectivity index (χ1n) is 13.2. The molecule has 2 aromatic rings. The number of hydroxylamine groups is 2. The van der Waals surface area contributed by atoms with Crippen LogP contribution in [0.1, 0.15) is 95.2 Å². The molecule has 0 spiro atoms. The van der Waals surface area contributed by atoms with Gasteiger partial charge in [0.25, 0.3) is 11.8 Å². The molecule has 2 amide bonds. The van der Waals surface area contributed by atoms with Crippen molar-refractivity contribution in [3.8, 4) is 0 Å². The van der Waals surface area contributed by atoms with Crippen LogP contribution in [0.5, 0.6) is 0 Å². The second kappa shape index (κ2) is 8.55. The monoisotopic (exact) mass is 487 g/mol. The van der Waals surface area contributed by atoms with Crippen LogP contribution in [0.3, 0.4) is 0 Å². The van der Waals surface area contributed by atoms with Crippen LogP contribution in [-0.4, -0.2) is 35.6 Å². The highest BCUT2D eigenvalue weighted by atomic mass is 16.7. The second-order valence-electron chi connectivity index (χ2n) is 11.4. The van der Waals surface area contributed by atoms with E-state index in [0.29, 0.717) is 28.9 Å². The Kier molecular flexibility index (Phi) is 5.56. The lowest BCUT2D eigenvalue weighted by atomic mass is 9.54. The molecule has 3 aliphatic carbocycles. The molecule has 2 fully saturated rings. The fourth-order valence-electron chi connectivity index (χ4n) is 7.80. The molecule has 6 atom stereocenters. The van der Waals surface area contributed by atoms with Crippen molar-refractivity contribution < 1.29 is 24.0 Å². The summed E-state index contributed by atoms with van der Waals surface area (Å²) in [6.07, 6.45) is 5.03. The Labute approximate surface area is 211 Å². The first-order chi connectivity index (χ1) is 17.3. The molecule has 1 unspecified atom stereocenters. The van der Waals surface area contributed by atoms with Gasteiger partial charge in [-0.1, -0.05) is 42.8 Å². The lowest BCUT2D eigenvalue weighted by Gasteiger charge is -2.51. The van der Waals surface area contributed by atoms with Crippen LogP contribution in [0, 0.1) is 24.2 Å². The molecule has 4 aliphatic rings. The van der Waals surface area contributed by atoms with Gasteiger partial charge in [0.1, 0.15) is 6.10 Å². The molecule has 0 bridgehead atoms. The van der Waals surface area contributed by atoms with Crippen LogP contribution < -0.4 is 0 Å². The zero-order valence-corrected chi connectivity index (χ0v) is 21.2. The van der Waals surface area contributed by atoms with E-state index in [1.165, 1.54) is 23.6 Å². The number of hydrogen-bond donors (Lipinski definition) is 0. The van der Waals surface area contributed by atoms with Gasteiger partial charge in [-0.2, -0.15) is 0 Å². The van der Waals surface area contributed by atoms with Gasteiger partial charge >= 0.3 is 5.97 Å². The summed E-state index contributed by atoms with van der Waals surface area (Å²) in [5.74, 6) is 0.511. The topological polar surface area (TPSA) is 72.9 Å². The zero-order chi connectivity index (χ0) is 25.2. The van der Waals surface area contributed by atoms with Crippen molar-refractivity contribution in [3.05, 3.63) is 70.3 Å². The number of esters is 1. The number of amides is 2. The standard InChI is InChI=1S/C30H33NO5/c1-17-8-9-20-21-12-13-30(3)26(10-11-27(30)36-18(2)32)25(21)15-19(24(20)14-17)16-35-31-28(33)22-6-4-5-7-23(22)29(31)34/h4-9,14,19,21,25-27H,10-13,15-16H2,1-3H3/t19-,21+,25+,26-,27?,30-/m0/s1. The predicted octanol–water partition coefficient (Wildman–Crippen LogP) is 5.55. The summed E-state index contributed by atoms with van der Waals surface area (Å²) in [5, 5.41) is 0.948. The maximum Gasteiger partial charge on any atom is 0.302 e. The number of aryl methyl sites for hydroxylation is 1. The first kappa shape index (κ1) is 23.4. The van der Waals surface area contributed by atoms with Crippen LogP contribution in [0.4, 0.5) is 0 Å². The number of rotatable bonds is 4. The summed E-state index contributed by atoms with van der Waals surface area (Å²) >= 11 is 0. The Hall–Kier alpha value is -2.99. The molecule has 1 aliphatic heterocycles. The summed E-state index contributed by atoms with van der Waals surface area (Å²) in [6, 6.07) is 13.6. The fraction of sp³-hybridized carbons (Fsp3) is 0.500. The Morgan fingerprint density at radius 2 is 1.75 bits per heavy atom. The van der Waals surface area contributed by atoms with Gasteiger partial charge in [-0.05, 0) is 80.0 Å². The molecule has 188 valence electrons. The van der Waals surface area contributed by atoms with E-state index in [2.05, 4.69) is 32.0 Å². The molecule has 2 aromatic carbocycles. The number of imide groups is 1. The van der Waals surface area contributed by atoms with Crippen molar-refractivity contribution in [1.29, 1.82) is 0 Å². The van der Waals surface area contributed by atoms with E-state index in [-0.39, 0.29) is 41.8 Å². The van der Waals surface area contributed by atoms with Crippen molar-refractivity contribution in [2.75, 3.05) is 6.61 Å². The Bertz CT molecular complexity index is 1220. The number of carbonyl (C=O) groups is 3. The van der Waals surface area contributed by atoms with Crippen LogP contribution in [0.15, 0.2) is 42.5 Å². The summed E-state index contributed by atoms with van der Waals surface area (Å²) in [5.41, 5.74) is 4.65. The summed E-state index contributed by atoms with van der Waals surface area (Å²) in [6.45, 7) is 6.20. The van der Waals surface area contributed by atoms with Gasteiger partial charge in [0.2, 0.25) is 0 Å². The number of benzene rings is 2. The van der Waals surface area contributed by atoms with E-state index >= 15 is 0 Å². The average molecular weight is 488 g/mol. The SMILES string of the molecule is CC(=O)OC1CC[C@H]2[C@@H]3C[C@@H](CON4C(=O)c5ccccc5C4=O)c4cc(C)ccc4[C@H]3CC[C@]12C. The Balaban J connectivity index is 1.28. The molecule has 36 heavy (non-hydrogen) atoms. The minimum atomic E-state index is -0.390. The van der Waals surface area contributed by atoms with E-state index in [1.54, 1.807) is 24.3 Å². The van der Waals surface area contributed by atoms with E-state index in [9.17, 15) is 14.4 Å². The molecular formula is C30H33NO5. The van der Waals surface area contributed by atoms with Crippen LogP contribution in [0.2, 0.25) is 0 Å². The number of carbonyl (C=O) groups excluding carboxylic acids is 3. The molecule has 0 aromatic heterocycles. The van der Waals surface area contributed by atoms with Gasteiger partial charge in [-0.25, -0.2) is 0 Å². The first-order valence-corrected chi connectivity index (χ1v) is 13.2. The van der Waals surface area contributed by atoms with E-state index < -0.39 is 0 Å². The minimum Gasteiger partial charge on any atom is -0.462 e. The van der Waals surface area contributed by atoms with Crippen molar-refractivity contribution in [2.24, 2.45) is 17.3 Å². The highest BCUT2D eigenvalue weighted by molar-refractivity contribution is 6.20. The fourth-order valence-corrected chi connectivity index (χ4v) is 7.80. The smallest absolute Gasteiger partial charge is 0.302 e. The highest BCUT2D eigenvalue weighted by Crippen LogP contribution is 2.63. The lowest BCUT2D eigenvalue weighted by Crippen LogP contribution is -2.46. The van der Waals surface area contributed by atoms with Gasteiger partial charge in [0.15, 0.2) is 0 Å². The number of ether oxygens (including phenoxy) is 1. The molecule has 0 radical (unpaired) electrons. The van der Waals surface area contributed by atoms with Crippen LogP contribution in [-0.2, 0) is 14.4 Å². The largest absolute Gasteiger partial charge is 0.462 e. The molecule has 0 saturated heterocycles. The third-order valence-electron chi connectivity index (χ3n) is 9.46. The van der Waals surface area contributed by atoms with Gasteiger partial charge < -0.3 is 4.74 Å². The van der Waals surface area contributed by atoms with Gasteiger partial charge in [-0.15, -0.1) is 5.06 Å². The van der Waals surface area contributed by atoms with E-state index in [0.717, 1.165) is 37.2 Å². The molecule has 0 N–H and O–H groups in total. The van der Waals surface area contributed by atoms with Crippen molar-refractivity contribution in [2.45, 2.75) is 70.8 Å². The van der Waals surface area contributed by atoms with Gasteiger partial charge in [-0.3, -0.25) is 19.2 Å². The van der Waals surface area contributed by atoms with Crippen molar-refractivity contribution in [3.63, 3.8) is 0 Å². The third-order valence-corrected chi connectivity index (χ3v) is 9.46. The zero-order valence-electron chi connectivity index (χ0n) is 21.2. The van der Waals surface area contributed by atoms with Crippen LogP contribution >= 0.6 is 0 Å². The highest BCUT2D eigenvalue weighted by Gasteiger charge is 2.57. The second-order valence-corrected chi connectivity index (χ2v) is 11.4. The molecule has 6 rings (SSSR count). The molecular weight excluding hydrogens is 454 g/mol. The van der Waals surface area contributed by atoms with Crippen LogP contribution in [0.25, 0.3) is 0 Å². The van der Waals surface area contributed by atoms with Crippen molar-refractivity contribution >= 4 is 17.8 Å². The third kappa shape index (κ3) is 3.52. The summed E-state index contributed by atoms with van der Waals surface area (Å²) in [4.78, 5) is 43.5.